The molecule has 0 saturated carbocycles. The summed E-state index contributed by atoms with van der Waals surface area (Å²) in [6.07, 6.45) is -1.36. The van der Waals surface area contributed by atoms with Gasteiger partial charge in [-0.2, -0.15) is 0 Å². The fraction of sp³-hybridized carbons (Fsp3) is 0.692. The van der Waals surface area contributed by atoms with E-state index in [0.717, 1.165) is 6.42 Å². The van der Waals surface area contributed by atoms with Gasteiger partial charge in [-0.3, -0.25) is 9.59 Å². The number of phenols is 2. The number of aromatic hydroxyl groups is 2. The van der Waals surface area contributed by atoms with E-state index in [1.54, 1.807) is 0 Å². The molecule has 3 rings (SSSR count). The molecule has 1 spiro atoms. The molecule has 0 radical (unpaired) electrons. The van der Waals surface area contributed by atoms with Crippen LogP contribution in [0.5, 0.6) is 11.5 Å². The van der Waals surface area contributed by atoms with Gasteiger partial charge >= 0.3 is 0 Å². The largest absolute Gasteiger partial charge is 0.507 e. The van der Waals surface area contributed by atoms with Crippen molar-refractivity contribution >= 4 is 12.1 Å². The summed E-state index contributed by atoms with van der Waals surface area (Å²) >= 11 is 0. The summed E-state index contributed by atoms with van der Waals surface area (Å²) in [4.78, 5) is 25.6. The van der Waals surface area contributed by atoms with Crippen molar-refractivity contribution in [3.05, 3.63) is 22.8 Å². The minimum absolute atomic E-state index is 0.0760. The molecule has 2 aliphatic rings. The van der Waals surface area contributed by atoms with Gasteiger partial charge in [-0.15, -0.1) is 0 Å². The number of rotatable bonds is 11. The van der Waals surface area contributed by atoms with Crippen LogP contribution in [0.25, 0.3) is 0 Å². The normalized spacial score (nSPS) is 29.8. The van der Waals surface area contributed by atoms with E-state index >= 15 is 0 Å². The van der Waals surface area contributed by atoms with E-state index in [2.05, 4.69) is 0 Å². The van der Waals surface area contributed by atoms with Crippen molar-refractivity contribution < 1.29 is 44.2 Å². The number of hydrogen-bond donors (Lipinski definition) is 4. The number of ether oxygens (including phenoxy) is 3. The number of Topliss-reactive ketones (excluding diaryl/α,β-unsaturated/α-hetero) is 1. The number of carbonyl (C=O) groups is 2. The molecule has 4 N–H and O–H groups in total. The van der Waals surface area contributed by atoms with E-state index in [1.807, 2.05) is 27.7 Å². The number of benzene rings is 1. The number of carbonyl (C=O) groups excluding carboxylic acids is 2. The van der Waals surface area contributed by atoms with Gasteiger partial charge in [0, 0.05) is 25.0 Å². The zero-order valence-corrected chi connectivity index (χ0v) is 21.1. The molecule has 2 aliphatic heterocycles. The minimum Gasteiger partial charge on any atom is -0.507 e. The third-order valence-corrected chi connectivity index (χ3v) is 7.37. The lowest BCUT2D eigenvalue weighted by Gasteiger charge is -2.39. The Labute approximate surface area is 206 Å². The van der Waals surface area contributed by atoms with E-state index in [9.17, 15) is 30.0 Å². The molecule has 2 saturated heterocycles. The number of hydrogen-bond acceptors (Lipinski definition) is 9. The van der Waals surface area contributed by atoms with Crippen LogP contribution in [0, 0.1) is 11.8 Å². The fourth-order valence-electron chi connectivity index (χ4n) is 5.37. The van der Waals surface area contributed by atoms with E-state index < -0.39 is 53.4 Å². The Morgan fingerprint density at radius 3 is 2.43 bits per heavy atom. The van der Waals surface area contributed by atoms with Gasteiger partial charge in [-0.05, 0) is 24.8 Å². The van der Waals surface area contributed by atoms with Crippen molar-refractivity contribution in [3.8, 4) is 11.5 Å². The second kappa shape index (κ2) is 10.9. The van der Waals surface area contributed by atoms with Gasteiger partial charge in [0.2, 0.25) is 0 Å². The van der Waals surface area contributed by atoms with Crippen LogP contribution in [0.15, 0.2) is 6.07 Å². The van der Waals surface area contributed by atoms with E-state index in [0.29, 0.717) is 25.5 Å². The highest BCUT2D eigenvalue weighted by atomic mass is 16.7. The van der Waals surface area contributed by atoms with Crippen LogP contribution in [0.2, 0.25) is 0 Å². The highest BCUT2D eigenvalue weighted by molar-refractivity contribution is 6.04. The number of aliphatic hydroxyl groups excluding tert-OH is 2. The standard InChI is InChI=1S/C26H38O9/c1-6-8-9-14(18-11-19(28)26(25(32)34-18)20(7-2)35-26)21(29)15-10-16(24(33-5)13(3)4)23(31)17(12-27)22(15)30/h10,12-14,18-20,24-25,28,30-32H,6-9,11H2,1-5H3/t14-,18+,19+,20-,24-,25+,26+/m0/s1. The number of unbranched alkanes of at least 4 members (excludes halogenated alkanes) is 1. The number of methoxy groups -OCH3 is 1. The average Bonchev–Trinajstić information content (AvgIpc) is 3.56. The first-order chi connectivity index (χ1) is 16.6. The predicted molar refractivity (Wildman–Crippen MR) is 126 cm³/mol. The third kappa shape index (κ3) is 4.84. The number of aldehydes is 1. The molecular formula is C26H38O9. The van der Waals surface area contributed by atoms with Crippen LogP contribution in [0.4, 0.5) is 0 Å². The lowest BCUT2D eigenvalue weighted by atomic mass is 9.79. The van der Waals surface area contributed by atoms with E-state index in [4.69, 9.17) is 14.2 Å². The van der Waals surface area contributed by atoms with Gasteiger partial charge in [-0.1, -0.05) is 40.5 Å². The van der Waals surface area contributed by atoms with E-state index in [-0.39, 0.29) is 35.1 Å². The summed E-state index contributed by atoms with van der Waals surface area (Å²) in [5.74, 6) is -2.45. The molecule has 0 aliphatic carbocycles. The van der Waals surface area contributed by atoms with Crippen molar-refractivity contribution in [1.82, 2.24) is 0 Å². The number of ketones is 1. The first kappa shape index (κ1) is 27.5. The molecule has 0 aromatic heterocycles. The van der Waals surface area contributed by atoms with Gasteiger partial charge in [0.1, 0.15) is 11.5 Å². The Kier molecular flexibility index (Phi) is 8.60. The Morgan fingerprint density at radius 1 is 1.26 bits per heavy atom. The lowest BCUT2D eigenvalue weighted by molar-refractivity contribution is -0.239. The smallest absolute Gasteiger partial charge is 0.189 e. The van der Waals surface area contributed by atoms with Crippen molar-refractivity contribution in [1.29, 1.82) is 0 Å². The molecule has 0 bridgehead atoms. The van der Waals surface area contributed by atoms with Crippen LogP contribution in [0.1, 0.15) is 92.2 Å². The maximum absolute atomic E-state index is 13.8. The zero-order valence-electron chi connectivity index (χ0n) is 21.1. The molecule has 9 nitrogen and oxygen atoms in total. The van der Waals surface area contributed by atoms with Crippen LogP contribution in [-0.4, -0.2) is 69.8 Å². The van der Waals surface area contributed by atoms with Gasteiger partial charge in [-0.25, -0.2) is 0 Å². The molecule has 1 aromatic carbocycles. The molecule has 2 heterocycles. The van der Waals surface area contributed by atoms with Crippen LogP contribution in [-0.2, 0) is 14.2 Å². The van der Waals surface area contributed by atoms with Crippen molar-refractivity contribution in [2.45, 2.75) is 96.1 Å². The Balaban J connectivity index is 2.01. The summed E-state index contributed by atoms with van der Waals surface area (Å²) in [6.45, 7) is 7.59. The SMILES string of the molecule is CCCC[C@H](C(=O)c1cc([C@@H](OC)C(C)C)c(O)c(C=O)c1O)[C@H]1C[C@@H](O)[C@]2(O[C@H]2CC)[C@H](O)O1. The van der Waals surface area contributed by atoms with Crippen molar-refractivity contribution in [2.75, 3.05) is 7.11 Å². The molecular weight excluding hydrogens is 456 g/mol. The topological polar surface area (TPSA) is 146 Å². The second-order valence-electron chi connectivity index (χ2n) is 9.90. The summed E-state index contributed by atoms with van der Waals surface area (Å²) in [7, 11) is 1.46. The summed E-state index contributed by atoms with van der Waals surface area (Å²) in [6, 6.07) is 1.36. The summed E-state index contributed by atoms with van der Waals surface area (Å²) in [5, 5.41) is 42.9. The maximum atomic E-state index is 13.8. The van der Waals surface area contributed by atoms with Crippen molar-refractivity contribution in [3.63, 3.8) is 0 Å². The van der Waals surface area contributed by atoms with Gasteiger partial charge < -0.3 is 34.6 Å². The summed E-state index contributed by atoms with van der Waals surface area (Å²) < 4.78 is 16.9. The monoisotopic (exact) mass is 494 g/mol. The first-order valence-electron chi connectivity index (χ1n) is 12.4. The number of phenolic OH excluding ortho intramolecular Hbond substituents is 2. The maximum Gasteiger partial charge on any atom is 0.189 e. The third-order valence-electron chi connectivity index (χ3n) is 7.37. The fourth-order valence-corrected chi connectivity index (χ4v) is 5.37. The first-order valence-corrected chi connectivity index (χ1v) is 12.4. The average molecular weight is 495 g/mol. The molecule has 0 unspecified atom stereocenters. The number of aliphatic hydroxyl groups is 2. The second-order valence-corrected chi connectivity index (χ2v) is 9.90. The highest BCUT2D eigenvalue weighted by Gasteiger charge is 2.68. The predicted octanol–water partition coefficient (Wildman–Crippen LogP) is 3.26. The molecule has 35 heavy (non-hydrogen) atoms. The van der Waals surface area contributed by atoms with Crippen LogP contribution >= 0.6 is 0 Å². The Morgan fingerprint density at radius 2 is 1.94 bits per heavy atom. The molecule has 7 atom stereocenters. The minimum atomic E-state index is -1.40. The van der Waals surface area contributed by atoms with Gasteiger partial charge in [0.15, 0.2) is 24.0 Å². The molecule has 9 heteroatoms. The molecule has 2 fully saturated rings. The quantitative estimate of drug-likeness (QED) is 0.207. The van der Waals surface area contributed by atoms with Crippen molar-refractivity contribution in [2.24, 2.45) is 11.8 Å². The molecule has 1 aromatic rings. The number of epoxide rings is 1. The Hall–Kier alpha value is -2.04. The lowest BCUT2D eigenvalue weighted by Crippen LogP contribution is -2.55. The van der Waals surface area contributed by atoms with Gasteiger partial charge in [0.05, 0.1) is 35.5 Å². The van der Waals surface area contributed by atoms with Crippen LogP contribution < -0.4 is 0 Å². The summed E-state index contributed by atoms with van der Waals surface area (Å²) in [5.41, 5.74) is -1.47. The van der Waals surface area contributed by atoms with E-state index in [1.165, 1.54) is 13.2 Å². The van der Waals surface area contributed by atoms with Gasteiger partial charge in [0.25, 0.3) is 0 Å². The molecule has 196 valence electrons. The van der Waals surface area contributed by atoms with Crippen LogP contribution in [0.3, 0.4) is 0 Å². The Bertz CT molecular complexity index is 916. The zero-order chi connectivity index (χ0) is 26.1. The molecule has 0 amide bonds. The highest BCUT2D eigenvalue weighted by Crippen LogP contribution is 2.50.